The molecule has 144 valence electrons. The minimum absolute atomic E-state index is 0.0395. The summed E-state index contributed by atoms with van der Waals surface area (Å²) in [5, 5.41) is 0. The predicted octanol–water partition coefficient (Wildman–Crippen LogP) is 1.90. The molecule has 6 nitrogen and oxygen atoms in total. The predicted molar refractivity (Wildman–Crippen MR) is 105 cm³/mol. The highest BCUT2D eigenvalue weighted by atomic mass is 16.5. The zero-order valence-electron chi connectivity index (χ0n) is 15.7. The lowest BCUT2D eigenvalue weighted by atomic mass is 10.2. The topological polar surface area (TPSA) is 75.9 Å². The van der Waals surface area contributed by atoms with E-state index in [0.717, 1.165) is 11.3 Å². The van der Waals surface area contributed by atoms with E-state index in [9.17, 15) is 9.59 Å². The summed E-state index contributed by atoms with van der Waals surface area (Å²) in [5.41, 5.74) is 6.27. The molecule has 2 aromatic rings. The fourth-order valence-corrected chi connectivity index (χ4v) is 2.59. The smallest absolute Gasteiger partial charge is 0.237 e. The number of ether oxygens (including phenoxy) is 1. The van der Waals surface area contributed by atoms with Crippen molar-refractivity contribution in [2.75, 3.05) is 33.3 Å². The molecule has 2 amide bonds. The fourth-order valence-electron chi connectivity index (χ4n) is 2.59. The number of nitrogens with zero attached hydrogens (tertiary/aromatic N) is 2. The summed E-state index contributed by atoms with van der Waals surface area (Å²) in [4.78, 5) is 27.4. The number of nitrogens with two attached hydrogens (primary N) is 1. The summed E-state index contributed by atoms with van der Waals surface area (Å²) in [6.45, 7) is 2.14. The molecule has 2 rings (SSSR count). The van der Waals surface area contributed by atoms with E-state index in [2.05, 4.69) is 0 Å². The Kier molecular flexibility index (Phi) is 8.32. The van der Waals surface area contributed by atoms with Crippen molar-refractivity contribution >= 4 is 11.8 Å². The molecule has 2 N–H and O–H groups in total. The number of carbonyl (C=O) groups excluding carboxylic acids is 2. The van der Waals surface area contributed by atoms with Gasteiger partial charge in [0.2, 0.25) is 11.8 Å². The van der Waals surface area contributed by atoms with Crippen LogP contribution in [0.1, 0.15) is 12.0 Å². The summed E-state index contributed by atoms with van der Waals surface area (Å²) in [5.74, 6) is 0.359. The first-order valence-corrected chi connectivity index (χ1v) is 9.01. The molecular weight excluding hydrogens is 342 g/mol. The van der Waals surface area contributed by atoms with E-state index >= 15 is 0 Å². The number of benzene rings is 2. The van der Waals surface area contributed by atoms with Crippen LogP contribution >= 0.6 is 0 Å². The number of likely N-dealkylation sites (N-methyl/N-ethyl adjacent to an activating group) is 1. The Morgan fingerprint density at radius 2 is 1.59 bits per heavy atom. The molecule has 0 aliphatic rings. The van der Waals surface area contributed by atoms with Crippen molar-refractivity contribution in [3.63, 3.8) is 0 Å². The number of para-hydroxylation sites is 1. The first-order valence-electron chi connectivity index (χ1n) is 9.01. The quantitative estimate of drug-likeness (QED) is 0.656. The minimum atomic E-state index is -0.412. The Bertz CT molecular complexity index is 707. The molecule has 0 fully saturated rings. The summed E-state index contributed by atoms with van der Waals surface area (Å²) < 4.78 is 5.67. The van der Waals surface area contributed by atoms with Gasteiger partial charge in [0.05, 0.1) is 6.54 Å². The van der Waals surface area contributed by atoms with Gasteiger partial charge in [0.25, 0.3) is 0 Å². The Morgan fingerprint density at radius 1 is 0.963 bits per heavy atom. The lowest BCUT2D eigenvalue weighted by Crippen LogP contribution is -2.41. The van der Waals surface area contributed by atoms with E-state index < -0.39 is 5.91 Å². The lowest BCUT2D eigenvalue weighted by Gasteiger charge is -2.25. The number of rotatable bonds is 11. The van der Waals surface area contributed by atoms with Crippen LogP contribution < -0.4 is 10.5 Å². The number of primary amides is 1. The van der Waals surface area contributed by atoms with Gasteiger partial charge in [-0.1, -0.05) is 48.5 Å². The highest BCUT2D eigenvalue weighted by Gasteiger charge is 2.16. The van der Waals surface area contributed by atoms with Crippen LogP contribution in [0, 0.1) is 0 Å². The van der Waals surface area contributed by atoms with Crippen LogP contribution in [0.3, 0.4) is 0 Å². The third kappa shape index (κ3) is 7.92. The van der Waals surface area contributed by atoms with Crippen LogP contribution in [-0.2, 0) is 16.1 Å². The second-order valence-corrected chi connectivity index (χ2v) is 6.42. The molecule has 0 bridgehead atoms. The van der Waals surface area contributed by atoms with Gasteiger partial charge < -0.3 is 15.4 Å². The molecule has 0 atom stereocenters. The molecule has 0 aliphatic carbocycles. The summed E-state index contributed by atoms with van der Waals surface area (Å²) in [6.07, 6.45) is 0.152. The van der Waals surface area contributed by atoms with Gasteiger partial charge in [0.15, 0.2) is 0 Å². The first-order chi connectivity index (χ1) is 13.0. The van der Waals surface area contributed by atoms with Gasteiger partial charge in [0.1, 0.15) is 12.4 Å². The molecule has 0 spiro atoms. The molecule has 0 unspecified atom stereocenters. The van der Waals surface area contributed by atoms with Crippen molar-refractivity contribution < 1.29 is 14.3 Å². The van der Waals surface area contributed by atoms with Crippen molar-refractivity contribution in [1.82, 2.24) is 9.80 Å². The Balaban J connectivity index is 1.84. The Hall–Kier alpha value is -2.86. The third-order valence-corrected chi connectivity index (χ3v) is 4.09. The maximum atomic E-state index is 12.7. The number of hydrogen-bond acceptors (Lipinski definition) is 4. The normalized spacial score (nSPS) is 10.6. The van der Waals surface area contributed by atoms with Crippen molar-refractivity contribution in [2.24, 2.45) is 5.73 Å². The zero-order chi connectivity index (χ0) is 19.5. The standard InChI is InChI=1S/C21H27N3O3/c1-23(14-15-27-19-10-6-3-7-11-19)17-21(26)24(13-12-20(22)25)16-18-8-4-2-5-9-18/h2-11H,12-17H2,1H3,(H2,22,25). The number of amides is 2. The average molecular weight is 369 g/mol. The lowest BCUT2D eigenvalue weighted by molar-refractivity contribution is -0.133. The van der Waals surface area contributed by atoms with Crippen LogP contribution in [0.2, 0.25) is 0 Å². The van der Waals surface area contributed by atoms with Gasteiger partial charge >= 0.3 is 0 Å². The highest BCUT2D eigenvalue weighted by Crippen LogP contribution is 2.08. The van der Waals surface area contributed by atoms with E-state index in [-0.39, 0.29) is 18.9 Å². The molecule has 6 heteroatoms. The van der Waals surface area contributed by atoms with Crippen molar-refractivity contribution in [2.45, 2.75) is 13.0 Å². The SMILES string of the molecule is CN(CCOc1ccccc1)CC(=O)N(CCC(N)=O)Cc1ccccc1. The second-order valence-electron chi connectivity index (χ2n) is 6.42. The van der Waals surface area contributed by atoms with Crippen LogP contribution in [0.5, 0.6) is 5.75 Å². The molecule has 0 heterocycles. The van der Waals surface area contributed by atoms with E-state index in [4.69, 9.17) is 10.5 Å². The molecule has 2 aromatic carbocycles. The van der Waals surface area contributed by atoms with E-state index in [1.807, 2.05) is 72.6 Å². The molecule has 0 saturated carbocycles. The van der Waals surface area contributed by atoms with E-state index in [0.29, 0.717) is 26.2 Å². The van der Waals surface area contributed by atoms with E-state index in [1.54, 1.807) is 4.90 Å². The number of hydrogen-bond donors (Lipinski definition) is 1. The van der Waals surface area contributed by atoms with Gasteiger partial charge in [-0.2, -0.15) is 0 Å². The van der Waals surface area contributed by atoms with Crippen LogP contribution in [0.4, 0.5) is 0 Å². The second kappa shape index (κ2) is 11.0. The van der Waals surface area contributed by atoms with Gasteiger partial charge in [-0.25, -0.2) is 0 Å². The summed E-state index contributed by atoms with van der Waals surface area (Å²) >= 11 is 0. The molecule has 0 aromatic heterocycles. The zero-order valence-corrected chi connectivity index (χ0v) is 15.7. The van der Waals surface area contributed by atoms with Crippen LogP contribution in [0.15, 0.2) is 60.7 Å². The van der Waals surface area contributed by atoms with Crippen LogP contribution in [0.25, 0.3) is 0 Å². The van der Waals surface area contributed by atoms with Gasteiger partial charge in [-0.3, -0.25) is 14.5 Å². The summed E-state index contributed by atoms with van der Waals surface area (Å²) in [7, 11) is 1.88. The average Bonchev–Trinajstić information content (AvgIpc) is 2.66. The van der Waals surface area contributed by atoms with Gasteiger partial charge in [0, 0.05) is 26.1 Å². The number of carbonyl (C=O) groups is 2. The highest BCUT2D eigenvalue weighted by molar-refractivity contribution is 5.79. The third-order valence-electron chi connectivity index (χ3n) is 4.09. The molecule has 0 saturated heterocycles. The molecule has 27 heavy (non-hydrogen) atoms. The van der Waals surface area contributed by atoms with Gasteiger partial charge in [-0.15, -0.1) is 0 Å². The van der Waals surface area contributed by atoms with Crippen LogP contribution in [-0.4, -0.2) is 54.9 Å². The maximum absolute atomic E-state index is 12.7. The van der Waals surface area contributed by atoms with Gasteiger partial charge in [-0.05, 0) is 24.7 Å². The van der Waals surface area contributed by atoms with E-state index in [1.165, 1.54) is 0 Å². The maximum Gasteiger partial charge on any atom is 0.237 e. The largest absolute Gasteiger partial charge is 0.492 e. The molecule has 0 aliphatic heterocycles. The molecular formula is C21H27N3O3. The molecule has 0 radical (unpaired) electrons. The Morgan fingerprint density at radius 3 is 2.22 bits per heavy atom. The fraction of sp³-hybridized carbons (Fsp3) is 0.333. The van der Waals surface area contributed by atoms with Crippen molar-refractivity contribution in [1.29, 1.82) is 0 Å². The minimum Gasteiger partial charge on any atom is -0.492 e. The first kappa shape index (κ1) is 20.5. The summed E-state index contributed by atoms with van der Waals surface area (Å²) in [6, 6.07) is 19.3. The van der Waals surface area contributed by atoms with Crippen molar-refractivity contribution in [3.05, 3.63) is 66.2 Å². The monoisotopic (exact) mass is 369 g/mol. The Labute approximate surface area is 160 Å². The van der Waals surface area contributed by atoms with Crippen molar-refractivity contribution in [3.8, 4) is 5.75 Å².